The number of para-hydroxylation sites is 2. The monoisotopic (exact) mass is 368 g/mol. The molecule has 1 radical (unpaired) electrons. The predicted octanol–water partition coefficient (Wildman–Crippen LogP) is 5.34. The second-order valence-electron chi connectivity index (χ2n) is 8.71. The summed E-state index contributed by atoms with van der Waals surface area (Å²) in [5, 5.41) is 9.09. The van der Waals surface area contributed by atoms with Crippen LogP contribution in [0.5, 0.6) is 5.75 Å². The lowest BCUT2D eigenvalue weighted by molar-refractivity contribution is 0.452. The van der Waals surface area contributed by atoms with Crippen LogP contribution in [0, 0.1) is 0 Å². The third kappa shape index (κ3) is 2.10. The smallest absolute Gasteiger partial charge is 0.537 e. The highest BCUT2D eigenvalue weighted by atomic mass is 16.5. The number of benzene rings is 3. The fourth-order valence-corrected chi connectivity index (χ4v) is 5.00. The van der Waals surface area contributed by atoms with Crippen LogP contribution < -0.4 is 9.55 Å². The minimum absolute atomic E-state index is 0.0685. The SMILES string of the molecule is CC1(C)c2ccccc2N2c3ccc(O[B]O)cc3C(C)(C)c3cccc1c32. The third-order valence-corrected chi connectivity index (χ3v) is 6.50. The van der Waals surface area contributed by atoms with Gasteiger partial charge in [0.2, 0.25) is 0 Å². The minimum Gasteiger partial charge on any atom is -0.537 e. The van der Waals surface area contributed by atoms with E-state index in [1.807, 2.05) is 12.1 Å². The average molecular weight is 368 g/mol. The van der Waals surface area contributed by atoms with E-state index in [-0.39, 0.29) is 10.8 Å². The van der Waals surface area contributed by atoms with E-state index < -0.39 is 0 Å². The maximum absolute atomic E-state index is 9.09. The third-order valence-electron chi connectivity index (χ3n) is 6.50. The van der Waals surface area contributed by atoms with Crippen molar-refractivity contribution in [3.8, 4) is 5.75 Å². The molecule has 0 fully saturated rings. The molecular weight excluding hydrogens is 345 g/mol. The number of hydrogen-bond donors (Lipinski definition) is 1. The van der Waals surface area contributed by atoms with E-state index in [9.17, 15) is 0 Å². The van der Waals surface area contributed by atoms with Gasteiger partial charge < -0.3 is 14.6 Å². The quantitative estimate of drug-likeness (QED) is 0.620. The first-order valence-electron chi connectivity index (χ1n) is 9.68. The summed E-state index contributed by atoms with van der Waals surface area (Å²) in [6, 6.07) is 21.4. The van der Waals surface area contributed by atoms with Crippen molar-refractivity contribution in [1.82, 2.24) is 0 Å². The molecule has 2 aliphatic rings. The van der Waals surface area contributed by atoms with Crippen LogP contribution in [0.25, 0.3) is 0 Å². The summed E-state index contributed by atoms with van der Waals surface area (Å²) in [7, 11) is 0.738. The minimum atomic E-state index is -0.186. The van der Waals surface area contributed by atoms with E-state index in [0.717, 1.165) is 13.4 Å². The molecule has 0 saturated carbocycles. The van der Waals surface area contributed by atoms with E-state index in [4.69, 9.17) is 9.68 Å². The molecule has 0 amide bonds. The van der Waals surface area contributed by atoms with Crippen LogP contribution in [-0.2, 0) is 10.8 Å². The highest BCUT2D eigenvalue weighted by molar-refractivity contribution is 6.17. The predicted molar refractivity (Wildman–Crippen MR) is 114 cm³/mol. The number of hydrogen-bond acceptors (Lipinski definition) is 3. The number of rotatable bonds is 2. The molecule has 0 aliphatic carbocycles. The first kappa shape index (κ1) is 17.4. The largest absolute Gasteiger partial charge is 0.569 e. The van der Waals surface area contributed by atoms with E-state index in [2.05, 4.69) is 81.1 Å². The Morgan fingerprint density at radius 1 is 0.750 bits per heavy atom. The maximum atomic E-state index is 9.09. The van der Waals surface area contributed by atoms with Gasteiger partial charge in [-0.3, -0.25) is 0 Å². The van der Waals surface area contributed by atoms with Crippen LogP contribution >= 0.6 is 0 Å². The zero-order chi connectivity index (χ0) is 19.7. The van der Waals surface area contributed by atoms with Crippen LogP contribution in [-0.4, -0.2) is 12.7 Å². The van der Waals surface area contributed by atoms with Gasteiger partial charge in [-0.1, -0.05) is 64.1 Å². The normalized spacial score (nSPS) is 17.2. The second kappa shape index (κ2) is 5.65. The molecule has 5 rings (SSSR count). The highest BCUT2D eigenvalue weighted by Gasteiger charge is 2.45. The summed E-state index contributed by atoms with van der Waals surface area (Å²) in [5.41, 5.74) is 8.61. The molecule has 0 bridgehead atoms. The molecule has 3 aromatic carbocycles. The molecule has 0 spiro atoms. The van der Waals surface area contributed by atoms with Crippen molar-refractivity contribution < 1.29 is 9.68 Å². The first-order chi connectivity index (χ1) is 13.4. The van der Waals surface area contributed by atoms with Crippen molar-refractivity contribution >= 4 is 24.7 Å². The van der Waals surface area contributed by atoms with Crippen molar-refractivity contribution in [3.05, 3.63) is 82.9 Å². The van der Waals surface area contributed by atoms with E-state index in [1.54, 1.807) is 0 Å². The Kier molecular flexibility index (Phi) is 3.51. The topological polar surface area (TPSA) is 32.7 Å². The van der Waals surface area contributed by atoms with Gasteiger partial charge in [-0.15, -0.1) is 0 Å². The van der Waals surface area contributed by atoms with Gasteiger partial charge in [0.15, 0.2) is 0 Å². The summed E-state index contributed by atoms with van der Waals surface area (Å²) < 4.78 is 5.27. The zero-order valence-corrected chi connectivity index (χ0v) is 16.7. The van der Waals surface area contributed by atoms with Gasteiger partial charge in [-0.25, -0.2) is 0 Å². The summed E-state index contributed by atoms with van der Waals surface area (Å²) >= 11 is 0. The van der Waals surface area contributed by atoms with E-state index in [1.165, 1.54) is 33.6 Å². The lowest BCUT2D eigenvalue weighted by atomic mass is 9.66. The van der Waals surface area contributed by atoms with Crippen LogP contribution in [0.15, 0.2) is 60.7 Å². The lowest BCUT2D eigenvalue weighted by Crippen LogP contribution is -2.38. The van der Waals surface area contributed by atoms with Crippen LogP contribution in [0.4, 0.5) is 17.1 Å². The molecule has 1 N–H and O–H groups in total. The lowest BCUT2D eigenvalue weighted by Gasteiger charge is -2.49. The van der Waals surface area contributed by atoms with Gasteiger partial charge in [0.1, 0.15) is 5.75 Å². The number of fused-ring (bicyclic) bond motifs is 4. The summed E-state index contributed by atoms with van der Waals surface area (Å²) in [4.78, 5) is 2.40. The molecule has 0 saturated heterocycles. The van der Waals surface area contributed by atoms with Gasteiger partial charge in [0.25, 0.3) is 0 Å². The molecule has 3 nitrogen and oxygen atoms in total. The zero-order valence-electron chi connectivity index (χ0n) is 16.7. The Balaban J connectivity index is 1.88. The molecule has 0 unspecified atom stereocenters. The van der Waals surface area contributed by atoms with Crippen molar-refractivity contribution in [1.29, 1.82) is 0 Å². The van der Waals surface area contributed by atoms with Gasteiger partial charge in [-0.05, 0) is 46.5 Å². The fraction of sp³-hybridized carbons (Fsp3) is 0.250. The molecule has 4 heteroatoms. The molecule has 2 aliphatic heterocycles. The van der Waals surface area contributed by atoms with Gasteiger partial charge in [0, 0.05) is 10.8 Å². The van der Waals surface area contributed by atoms with E-state index >= 15 is 0 Å². The summed E-state index contributed by atoms with van der Waals surface area (Å²) in [6.45, 7) is 9.15. The van der Waals surface area contributed by atoms with Gasteiger partial charge >= 0.3 is 7.69 Å². The Labute approximate surface area is 166 Å². The van der Waals surface area contributed by atoms with Gasteiger partial charge in [-0.2, -0.15) is 0 Å². The molecule has 2 heterocycles. The van der Waals surface area contributed by atoms with Crippen LogP contribution in [0.1, 0.15) is 49.9 Å². The van der Waals surface area contributed by atoms with Gasteiger partial charge in [0.05, 0.1) is 17.1 Å². The maximum Gasteiger partial charge on any atom is 0.569 e. The van der Waals surface area contributed by atoms with Crippen molar-refractivity contribution in [3.63, 3.8) is 0 Å². The Morgan fingerprint density at radius 3 is 2.07 bits per heavy atom. The number of nitrogens with zero attached hydrogens (tertiary/aromatic N) is 1. The summed E-state index contributed by atoms with van der Waals surface area (Å²) in [6.07, 6.45) is 0. The second-order valence-corrected chi connectivity index (χ2v) is 8.71. The molecule has 0 aromatic heterocycles. The standard InChI is InChI=1S/C24H23BNO2/c1-23(2)16-8-5-6-11-20(16)26-21-13-12-15(28-25-27)14-19(21)24(3,4)18-10-7-9-17(23)22(18)26/h5-14,27H,1-4H3. The van der Waals surface area contributed by atoms with E-state index in [0.29, 0.717) is 5.75 Å². The molecule has 139 valence electrons. The molecule has 3 aromatic rings. The Bertz CT molecular complexity index is 1100. The Morgan fingerprint density at radius 2 is 1.36 bits per heavy atom. The van der Waals surface area contributed by atoms with Crippen molar-refractivity contribution in [2.45, 2.75) is 38.5 Å². The first-order valence-corrected chi connectivity index (χ1v) is 9.68. The van der Waals surface area contributed by atoms with Crippen LogP contribution in [0.3, 0.4) is 0 Å². The number of anilines is 3. The average Bonchev–Trinajstić information content (AvgIpc) is 2.68. The fourth-order valence-electron chi connectivity index (χ4n) is 5.00. The molecule has 28 heavy (non-hydrogen) atoms. The summed E-state index contributed by atoms with van der Waals surface area (Å²) in [5.74, 6) is 0.638. The Hall–Kier alpha value is -2.72. The van der Waals surface area contributed by atoms with Crippen LogP contribution in [0.2, 0.25) is 0 Å². The van der Waals surface area contributed by atoms with Crippen molar-refractivity contribution in [2.24, 2.45) is 0 Å². The molecular formula is C24H23BNO2. The highest BCUT2D eigenvalue weighted by Crippen LogP contribution is 2.59. The van der Waals surface area contributed by atoms with Crippen molar-refractivity contribution in [2.75, 3.05) is 4.90 Å². The molecule has 0 atom stereocenters.